The average molecular weight is 162 g/mol. The Labute approximate surface area is 76.8 Å². The highest BCUT2D eigenvalue weighted by Gasteiger charge is 1.92. The molecule has 0 saturated heterocycles. The van der Waals surface area contributed by atoms with E-state index in [9.17, 15) is 0 Å². The Kier molecular flexibility index (Phi) is 7.62. The van der Waals surface area contributed by atoms with Crippen molar-refractivity contribution < 1.29 is 0 Å². The zero-order valence-electron chi connectivity index (χ0n) is 8.41. The van der Waals surface area contributed by atoms with E-state index in [0.29, 0.717) is 5.92 Å². The van der Waals surface area contributed by atoms with Crippen molar-refractivity contribution in [1.82, 2.24) is 0 Å². The molecule has 0 spiro atoms. The van der Waals surface area contributed by atoms with Crippen molar-refractivity contribution in [2.24, 2.45) is 5.92 Å². The van der Waals surface area contributed by atoms with Gasteiger partial charge in [-0.25, -0.2) is 0 Å². The maximum absolute atomic E-state index is 3.18. The van der Waals surface area contributed by atoms with Gasteiger partial charge in [-0.1, -0.05) is 32.1 Å². The van der Waals surface area contributed by atoms with Crippen LogP contribution in [0.4, 0.5) is 0 Å². The van der Waals surface area contributed by atoms with Crippen LogP contribution < -0.4 is 0 Å². The number of hydrogen-bond donors (Lipinski definition) is 0. The van der Waals surface area contributed by atoms with Gasteiger partial charge in [0, 0.05) is 6.42 Å². The molecular weight excluding hydrogens is 144 g/mol. The fourth-order valence-electron chi connectivity index (χ4n) is 0.875. The van der Waals surface area contributed by atoms with Crippen LogP contribution in [0, 0.1) is 29.6 Å². The van der Waals surface area contributed by atoms with E-state index < -0.39 is 0 Å². The molecule has 0 radical (unpaired) electrons. The molecular formula is C12H18. The van der Waals surface area contributed by atoms with Crippen molar-refractivity contribution >= 4 is 0 Å². The van der Waals surface area contributed by atoms with Crippen molar-refractivity contribution in [2.45, 2.75) is 46.5 Å². The summed E-state index contributed by atoms with van der Waals surface area (Å²) in [5, 5.41) is 0. The van der Waals surface area contributed by atoms with E-state index in [1.807, 2.05) is 6.92 Å². The molecule has 0 nitrogen and oxygen atoms in total. The van der Waals surface area contributed by atoms with E-state index in [-0.39, 0.29) is 0 Å². The molecule has 0 N–H and O–H groups in total. The first kappa shape index (κ1) is 11.1. The maximum Gasteiger partial charge on any atom is 0.0808 e. The Morgan fingerprint density at radius 1 is 1.17 bits per heavy atom. The average Bonchev–Trinajstić information content (AvgIpc) is 2.10. The summed E-state index contributed by atoms with van der Waals surface area (Å²) in [5.74, 6) is 12.6. The second-order valence-electron chi connectivity index (χ2n) is 2.78. The smallest absolute Gasteiger partial charge is 0.0808 e. The Balaban J connectivity index is 3.77. The summed E-state index contributed by atoms with van der Waals surface area (Å²) in [6.07, 6.45) is 4.51. The SMILES string of the molecule is CC#CC(C#CCCCC)CC. The maximum atomic E-state index is 3.18. The third-order valence-electron chi connectivity index (χ3n) is 1.66. The number of hydrogen-bond acceptors (Lipinski definition) is 0. The first-order valence-electron chi connectivity index (χ1n) is 4.75. The molecule has 0 rings (SSSR count). The fraction of sp³-hybridized carbons (Fsp3) is 0.667. The highest BCUT2D eigenvalue weighted by molar-refractivity contribution is 5.16. The molecule has 0 aromatic rings. The van der Waals surface area contributed by atoms with Crippen molar-refractivity contribution in [3.8, 4) is 23.7 Å². The molecule has 1 unspecified atom stereocenters. The van der Waals surface area contributed by atoms with Crippen LogP contribution in [0.15, 0.2) is 0 Å². The van der Waals surface area contributed by atoms with Gasteiger partial charge in [-0.3, -0.25) is 0 Å². The molecule has 0 aromatic heterocycles. The van der Waals surface area contributed by atoms with E-state index in [2.05, 4.69) is 37.5 Å². The predicted octanol–water partition coefficient (Wildman–Crippen LogP) is 3.23. The minimum atomic E-state index is 0.298. The fourth-order valence-corrected chi connectivity index (χ4v) is 0.875. The van der Waals surface area contributed by atoms with Gasteiger partial charge in [-0.05, 0) is 19.8 Å². The largest absolute Gasteiger partial charge is 0.105 e. The summed E-state index contributed by atoms with van der Waals surface area (Å²) < 4.78 is 0. The number of rotatable bonds is 3. The van der Waals surface area contributed by atoms with Gasteiger partial charge in [-0.15, -0.1) is 11.8 Å². The van der Waals surface area contributed by atoms with E-state index >= 15 is 0 Å². The summed E-state index contributed by atoms with van der Waals surface area (Å²) in [6.45, 7) is 6.19. The monoisotopic (exact) mass is 162 g/mol. The second kappa shape index (κ2) is 8.22. The lowest BCUT2D eigenvalue weighted by Crippen LogP contribution is -1.88. The first-order valence-corrected chi connectivity index (χ1v) is 4.75. The van der Waals surface area contributed by atoms with Gasteiger partial charge in [-0.2, -0.15) is 0 Å². The highest BCUT2D eigenvalue weighted by Crippen LogP contribution is 1.99. The van der Waals surface area contributed by atoms with Crippen molar-refractivity contribution in [3.63, 3.8) is 0 Å². The standard InChI is InChI=1S/C12H18/c1-4-7-8-9-11-12(6-3)10-5-2/h12H,4,6-8H2,1-3H3. The van der Waals surface area contributed by atoms with Crippen molar-refractivity contribution in [1.29, 1.82) is 0 Å². The normalized spacial score (nSPS) is 10.6. The summed E-state index contributed by atoms with van der Waals surface area (Å²) in [6, 6.07) is 0. The summed E-state index contributed by atoms with van der Waals surface area (Å²) in [7, 11) is 0. The Hall–Kier alpha value is -0.880. The zero-order valence-corrected chi connectivity index (χ0v) is 8.41. The molecule has 0 heterocycles. The first-order chi connectivity index (χ1) is 5.85. The summed E-state index contributed by atoms with van der Waals surface area (Å²) in [5.41, 5.74) is 0. The lowest BCUT2D eigenvalue weighted by Gasteiger charge is -1.94. The van der Waals surface area contributed by atoms with Crippen LogP contribution >= 0.6 is 0 Å². The van der Waals surface area contributed by atoms with E-state index in [1.54, 1.807) is 0 Å². The number of unbranched alkanes of at least 4 members (excludes halogenated alkanes) is 2. The van der Waals surface area contributed by atoms with Crippen molar-refractivity contribution in [3.05, 3.63) is 0 Å². The van der Waals surface area contributed by atoms with Crippen LogP contribution in [0.5, 0.6) is 0 Å². The molecule has 0 aliphatic carbocycles. The molecule has 0 aliphatic rings. The van der Waals surface area contributed by atoms with Crippen LogP contribution in [-0.4, -0.2) is 0 Å². The predicted molar refractivity (Wildman–Crippen MR) is 54.5 cm³/mol. The minimum Gasteiger partial charge on any atom is -0.105 e. The molecule has 0 aromatic carbocycles. The summed E-state index contributed by atoms with van der Waals surface area (Å²) >= 11 is 0. The van der Waals surface area contributed by atoms with Crippen LogP contribution in [0.1, 0.15) is 46.5 Å². The molecule has 0 heteroatoms. The zero-order chi connectivity index (χ0) is 9.23. The van der Waals surface area contributed by atoms with Crippen LogP contribution in [0.2, 0.25) is 0 Å². The molecule has 66 valence electrons. The Bertz CT molecular complexity index is 204. The Morgan fingerprint density at radius 3 is 2.42 bits per heavy atom. The highest BCUT2D eigenvalue weighted by atomic mass is 13.9. The van der Waals surface area contributed by atoms with Crippen LogP contribution in [-0.2, 0) is 0 Å². The van der Waals surface area contributed by atoms with Crippen LogP contribution in [0.3, 0.4) is 0 Å². The third-order valence-corrected chi connectivity index (χ3v) is 1.66. The molecule has 12 heavy (non-hydrogen) atoms. The van der Waals surface area contributed by atoms with Crippen LogP contribution in [0.25, 0.3) is 0 Å². The molecule has 0 aliphatic heterocycles. The molecule has 1 atom stereocenters. The van der Waals surface area contributed by atoms with E-state index in [0.717, 1.165) is 12.8 Å². The molecule has 0 fully saturated rings. The van der Waals surface area contributed by atoms with Crippen molar-refractivity contribution in [2.75, 3.05) is 0 Å². The second-order valence-corrected chi connectivity index (χ2v) is 2.78. The van der Waals surface area contributed by atoms with Gasteiger partial charge in [0.05, 0.1) is 5.92 Å². The van der Waals surface area contributed by atoms with Gasteiger partial charge in [0.2, 0.25) is 0 Å². The van der Waals surface area contributed by atoms with Gasteiger partial charge >= 0.3 is 0 Å². The molecule has 0 saturated carbocycles. The van der Waals surface area contributed by atoms with E-state index in [1.165, 1.54) is 12.8 Å². The lowest BCUT2D eigenvalue weighted by atomic mass is 10.1. The topological polar surface area (TPSA) is 0 Å². The van der Waals surface area contributed by atoms with Gasteiger partial charge in [0.1, 0.15) is 0 Å². The Morgan fingerprint density at radius 2 is 1.92 bits per heavy atom. The third kappa shape index (κ3) is 5.87. The minimum absolute atomic E-state index is 0.298. The molecule has 0 amide bonds. The van der Waals surface area contributed by atoms with Gasteiger partial charge in [0.25, 0.3) is 0 Å². The van der Waals surface area contributed by atoms with Gasteiger partial charge < -0.3 is 0 Å². The quantitative estimate of drug-likeness (QED) is 0.441. The molecule has 0 bridgehead atoms. The van der Waals surface area contributed by atoms with Gasteiger partial charge in [0.15, 0.2) is 0 Å². The summed E-state index contributed by atoms with van der Waals surface area (Å²) in [4.78, 5) is 0. The lowest BCUT2D eigenvalue weighted by molar-refractivity contribution is 0.809. The van der Waals surface area contributed by atoms with E-state index in [4.69, 9.17) is 0 Å².